The average Bonchev–Trinajstić information content (AvgIpc) is 0.947. The van der Waals surface area contributed by atoms with Crippen LogP contribution in [-0.4, -0.2) is 196 Å². The molecule has 31 nitrogen and oxygen atoms in total. The van der Waals surface area contributed by atoms with Crippen molar-refractivity contribution in [1.82, 2.24) is 74.7 Å². The molecular weight excluding hydrogens is 1670 g/mol. The van der Waals surface area contributed by atoms with Gasteiger partial charge in [0, 0.05) is 69.7 Å². The minimum Gasteiger partial charge on any atom is -0.479 e. The van der Waals surface area contributed by atoms with Crippen LogP contribution in [-0.2, 0) is 28.8 Å². The topological polar surface area (TPSA) is 410 Å². The predicted molar refractivity (Wildman–Crippen MR) is 439 cm³/mol. The molecule has 1 amide bonds. The zero-order valence-corrected chi connectivity index (χ0v) is 72.9. The van der Waals surface area contributed by atoms with E-state index in [0.717, 1.165) is 88.2 Å². The van der Waals surface area contributed by atoms with Gasteiger partial charge in [0.25, 0.3) is 0 Å². The van der Waals surface area contributed by atoms with Crippen LogP contribution in [0, 0.1) is 42.5 Å². The van der Waals surface area contributed by atoms with Crippen molar-refractivity contribution in [2.45, 2.75) is 145 Å². The summed E-state index contributed by atoms with van der Waals surface area (Å²) < 4.78 is 55.5. The first kappa shape index (κ1) is 102. The van der Waals surface area contributed by atoms with Gasteiger partial charge in [-0.2, -0.15) is 30.1 Å². The molecule has 0 spiro atoms. The molecule has 9 heterocycles. The number of amides is 1. The van der Waals surface area contributed by atoms with Crippen molar-refractivity contribution in [3.05, 3.63) is 185 Å². The maximum atomic E-state index is 12.7. The summed E-state index contributed by atoms with van der Waals surface area (Å²) in [4.78, 5) is 163. The number of carbonyl (C=O) groups is 10. The van der Waals surface area contributed by atoms with E-state index in [-0.39, 0.29) is 102 Å². The molecule has 0 saturated carbocycles. The Kier molecular flexibility index (Phi) is 45.3. The van der Waals surface area contributed by atoms with Gasteiger partial charge in [-0.05, 0) is 126 Å². The van der Waals surface area contributed by atoms with Crippen LogP contribution in [0.15, 0.2) is 94.0 Å². The molecule has 1 aliphatic rings. The number of carbonyl (C=O) groups excluding carboxylic acids is 10. The maximum absolute atomic E-state index is 12.7. The molecule has 0 atom stereocenters. The van der Waals surface area contributed by atoms with Gasteiger partial charge in [-0.15, -0.1) is 11.8 Å². The van der Waals surface area contributed by atoms with Crippen molar-refractivity contribution in [3.8, 4) is 29.4 Å². The first-order valence-corrected chi connectivity index (χ1v) is 38.7. The van der Waals surface area contributed by atoms with E-state index >= 15 is 0 Å². The second-order valence-electron chi connectivity index (χ2n) is 28.3. The van der Waals surface area contributed by atoms with E-state index in [1.165, 1.54) is 58.4 Å². The van der Waals surface area contributed by atoms with Crippen LogP contribution in [0.5, 0.6) is 29.4 Å². The molecule has 1 aliphatic heterocycles. The number of aryl methyl sites for hydroxylation is 2. The summed E-state index contributed by atoms with van der Waals surface area (Å²) in [6.07, 6.45) is 21.0. The SMILES string of the molecule is CC(C)(C)Cc1cnc(C=O)c(Cl)n1.CC(C)(C)Cc1cncc(C=O)n1.CC(C)(C)Oc1nc(F)cnc1C=O.COc1nc(C)cnc1C=O.COc1nc(Cl)cnc1C=O.COc1ncc(C)nc1C=O.COc1ncc(F)nc1C=O.CSc1ccccc1CC(=O)C1CCN(C(=O)OC(C)(C)C)CC1.O=Cc1cscc1Br. The third-order valence-electron chi connectivity index (χ3n) is 13.8. The van der Waals surface area contributed by atoms with E-state index in [2.05, 4.69) is 138 Å². The van der Waals surface area contributed by atoms with Crippen molar-refractivity contribution >= 4 is 124 Å². The van der Waals surface area contributed by atoms with Crippen molar-refractivity contribution in [2.24, 2.45) is 16.7 Å². The fourth-order valence-electron chi connectivity index (χ4n) is 8.91. The van der Waals surface area contributed by atoms with Gasteiger partial charge in [0.1, 0.15) is 28.4 Å². The minimum atomic E-state index is -0.798. The van der Waals surface area contributed by atoms with Gasteiger partial charge in [-0.25, -0.2) is 59.6 Å². The Balaban J connectivity index is 0.000000454. The number of aldehydes is 8. The van der Waals surface area contributed by atoms with E-state index in [9.17, 15) is 56.7 Å². The Morgan fingerprint density at radius 2 is 1.01 bits per heavy atom. The highest BCUT2D eigenvalue weighted by Gasteiger charge is 2.30. The number of benzene rings is 1. The number of halogens is 5. The molecule has 38 heteroatoms. The summed E-state index contributed by atoms with van der Waals surface area (Å²) in [5.74, 6) is -0.603. The standard InChI is InChI=1S/C19H27NO3S.C10H13ClN2O.C10H14N2O.C9H11FN2O2.2C7H8N2O2.C6H5ClN2O2.C6H5FN2O2.C5H3BrOS/c1-19(2,3)23-18(22)20-11-9-14(10-12-20)16(21)13-15-7-5-6-8-17(15)24-4;1-10(2,3)4-7-5-12-8(6-14)9(11)13-7;1-10(2,3)4-8-5-11-6-9(7-13)12-8;1-9(2,3)14-8-6(5-13)11-4-7(10)12-8;1-5-3-8-7(11-2)6(4-10)9-5;1-5-3-8-6(4-10)7(9-5)11-2;1-11-6-4(3-10)8-2-5(7)9-6;1-11-6-4(3-10)9-5(7)2-8-6;6-5-3-8-2-4(5)1-7/h5-8,14H,9-13H2,1-4H3;5-6H,4H2,1-3H3;5-7H,4H2,1-3H3;4-5H,1-3H3;2*3-4H,1-2H3;2*2-3H,1H3;1-3H. The number of Topliss-reactive ketones (excluding diaryl/α,β-unsaturated/α-hetero) is 1. The van der Waals surface area contributed by atoms with Crippen LogP contribution in [0.1, 0.15) is 208 Å². The van der Waals surface area contributed by atoms with Gasteiger partial charge in [-0.1, -0.05) is 82.9 Å². The quantitative estimate of drug-likeness (QED) is 0.0536. The highest BCUT2D eigenvalue weighted by atomic mass is 79.9. The van der Waals surface area contributed by atoms with Crippen LogP contribution in [0.25, 0.3) is 0 Å². The fraction of sp³-hybridized carbons (Fsp3) is 0.392. The summed E-state index contributed by atoms with van der Waals surface area (Å²) in [6, 6.07) is 8.06. The number of methoxy groups -OCH3 is 4. The summed E-state index contributed by atoms with van der Waals surface area (Å²) >= 11 is 17.6. The number of piperidine rings is 1. The number of hydrogen-bond acceptors (Lipinski definition) is 32. The van der Waals surface area contributed by atoms with Crippen LogP contribution >= 0.6 is 62.2 Å². The Morgan fingerprint density at radius 3 is 1.50 bits per heavy atom. The van der Waals surface area contributed by atoms with Gasteiger partial charge >= 0.3 is 6.09 Å². The third kappa shape index (κ3) is 40.5. The molecule has 10 rings (SSSR count). The van der Waals surface area contributed by atoms with Gasteiger partial charge in [-0.3, -0.25) is 48.1 Å². The number of rotatable bonds is 19. The minimum absolute atomic E-state index is 0.00123. The number of nitrogens with zero attached hydrogens (tertiary/aromatic N) is 15. The molecule has 0 unspecified atom stereocenters. The first-order valence-electron chi connectivity index (χ1n) is 35.0. The molecule has 1 saturated heterocycles. The normalized spacial score (nSPS) is 11.4. The smallest absolute Gasteiger partial charge is 0.410 e. The number of hydrogen-bond donors (Lipinski definition) is 0. The number of aromatic nitrogens is 14. The van der Waals surface area contributed by atoms with Crippen molar-refractivity contribution < 1.29 is 85.1 Å². The number of ether oxygens (including phenoxy) is 6. The van der Waals surface area contributed by atoms with E-state index in [0.29, 0.717) is 68.6 Å². The van der Waals surface area contributed by atoms with Gasteiger partial charge in [0.05, 0.1) is 82.2 Å². The highest BCUT2D eigenvalue weighted by molar-refractivity contribution is 9.10. The van der Waals surface area contributed by atoms with E-state index in [1.807, 2.05) is 50.6 Å². The lowest BCUT2D eigenvalue weighted by atomic mass is 9.89. The highest BCUT2D eigenvalue weighted by Crippen LogP contribution is 2.27. The average molecular weight is 1760 g/mol. The van der Waals surface area contributed by atoms with Crippen molar-refractivity contribution in [1.29, 1.82) is 0 Å². The zero-order valence-electron chi connectivity index (χ0n) is 68.2. The maximum Gasteiger partial charge on any atom is 0.410 e. The van der Waals surface area contributed by atoms with Crippen LogP contribution < -0.4 is 23.7 Å². The number of thiophene rings is 1. The summed E-state index contributed by atoms with van der Waals surface area (Å²) in [5.41, 5.74) is 5.34. The molecule has 8 aromatic heterocycles. The molecule has 0 aliphatic carbocycles. The van der Waals surface area contributed by atoms with Gasteiger partial charge in [0.15, 0.2) is 89.1 Å². The molecule has 0 bridgehead atoms. The van der Waals surface area contributed by atoms with E-state index < -0.39 is 23.1 Å². The first-order chi connectivity index (χ1) is 55.1. The lowest BCUT2D eigenvalue weighted by molar-refractivity contribution is -0.123. The predicted octanol–water partition coefficient (Wildman–Crippen LogP) is 15.1. The monoisotopic (exact) mass is 1760 g/mol. The Morgan fingerprint density at radius 1 is 0.530 bits per heavy atom. The second kappa shape index (κ2) is 51.9. The van der Waals surface area contributed by atoms with Crippen molar-refractivity contribution in [2.75, 3.05) is 47.8 Å². The lowest BCUT2D eigenvalue weighted by Gasteiger charge is -2.33. The molecule has 1 fully saturated rings. The Bertz CT molecular complexity index is 4600. The molecule has 0 N–H and O–H groups in total. The van der Waals surface area contributed by atoms with E-state index in [4.69, 9.17) is 46.9 Å². The largest absolute Gasteiger partial charge is 0.479 e. The third-order valence-corrected chi connectivity index (χ3v) is 16.9. The molecule has 0 radical (unpaired) electrons. The molecule has 1 aromatic carbocycles. The summed E-state index contributed by atoms with van der Waals surface area (Å²) in [7, 11) is 5.63. The molecule has 117 heavy (non-hydrogen) atoms. The summed E-state index contributed by atoms with van der Waals surface area (Å²) in [5, 5.41) is 4.06. The molecule has 9 aromatic rings. The lowest BCUT2D eigenvalue weighted by Crippen LogP contribution is -2.43. The Hall–Kier alpha value is -11.0. The van der Waals surface area contributed by atoms with E-state index in [1.54, 1.807) is 75.3 Å². The van der Waals surface area contributed by atoms with Crippen LogP contribution in [0.4, 0.5) is 13.6 Å². The van der Waals surface area contributed by atoms with Crippen molar-refractivity contribution in [3.63, 3.8) is 0 Å². The number of likely N-dealkylation sites (tertiary alicyclic amines) is 1. The molecule has 628 valence electrons. The van der Waals surface area contributed by atoms with Gasteiger partial charge in [0.2, 0.25) is 41.3 Å². The zero-order chi connectivity index (χ0) is 88.2. The number of ketones is 1. The van der Waals surface area contributed by atoms with Gasteiger partial charge < -0.3 is 33.3 Å². The second-order valence-corrected chi connectivity index (χ2v) is 31.5. The number of thioether (sulfide) groups is 1. The molecular formula is C79H94BrCl2F2N15O16S2. The van der Waals surface area contributed by atoms with Crippen LogP contribution in [0.3, 0.4) is 0 Å². The fourth-order valence-corrected chi connectivity index (χ4v) is 11.2. The Labute approximate surface area is 704 Å². The van der Waals surface area contributed by atoms with Crippen LogP contribution in [0.2, 0.25) is 10.3 Å². The summed E-state index contributed by atoms with van der Waals surface area (Å²) in [6.45, 7) is 28.3.